The molecule has 4 aromatic rings. The Morgan fingerprint density at radius 3 is 1.55 bits per heavy atom. The number of anilines is 3. The third-order valence-corrected chi connectivity index (χ3v) is 14.9. The molecule has 2 saturated carbocycles. The van der Waals surface area contributed by atoms with Crippen molar-refractivity contribution in [1.82, 2.24) is 0 Å². The van der Waals surface area contributed by atoms with Crippen LogP contribution in [0.3, 0.4) is 0 Å². The molecule has 0 N–H and O–H groups in total. The third kappa shape index (κ3) is 14.2. The van der Waals surface area contributed by atoms with E-state index in [0.717, 1.165) is 91.5 Å². The highest BCUT2D eigenvalue weighted by molar-refractivity contribution is 7.86. The molecule has 4 aromatic carbocycles. The first kappa shape index (κ1) is 53.6. The van der Waals surface area contributed by atoms with E-state index in [1.807, 2.05) is 33.2 Å². The van der Waals surface area contributed by atoms with Gasteiger partial charge in [-0.2, -0.15) is 23.4 Å². The van der Waals surface area contributed by atoms with E-state index in [2.05, 4.69) is 157 Å². The van der Waals surface area contributed by atoms with Crippen LogP contribution in [0.2, 0.25) is 0 Å². The zero-order chi connectivity index (χ0) is 48.5. The summed E-state index contributed by atoms with van der Waals surface area (Å²) in [5.74, 6) is 0.812. The van der Waals surface area contributed by atoms with Gasteiger partial charge in [0.1, 0.15) is 6.01 Å². The van der Waals surface area contributed by atoms with Gasteiger partial charge in [-0.25, -0.2) is 4.99 Å². The second-order valence-electron chi connectivity index (χ2n) is 18.8. The van der Waals surface area contributed by atoms with Crippen LogP contribution in [0.1, 0.15) is 117 Å². The molecule has 0 amide bonds. The molecular weight excluding hydrogens is 839 g/mol. The number of rotatable bonds is 18. The van der Waals surface area contributed by atoms with Crippen molar-refractivity contribution in [2.75, 3.05) is 61.6 Å². The summed E-state index contributed by atoms with van der Waals surface area (Å²) in [5.41, 5.74) is 10.4. The lowest BCUT2D eigenvalue weighted by Crippen LogP contribution is -2.34. The average molecular weight is 918 g/mol. The Morgan fingerprint density at radius 2 is 1.14 bits per heavy atom. The summed E-state index contributed by atoms with van der Waals surface area (Å²) in [7, 11) is 0.551. The third-order valence-electron chi connectivity index (χ3n) is 13.5. The molecule has 2 fully saturated rings. The Hall–Kier alpha value is -5.05. The molecule has 0 aliphatic heterocycles. The number of aliphatic imine (C=N–C) groups is 4. The normalized spacial score (nSPS) is 17.8. The summed E-state index contributed by atoms with van der Waals surface area (Å²) in [5, 5.41) is 0. The molecule has 2 aliphatic carbocycles. The molecule has 3 atom stereocenters. The average Bonchev–Trinajstić information content (AvgIpc) is 3.62. The van der Waals surface area contributed by atoms with E-state index in [1.54, 1.807) is 31.2 Å². The number of benzene rings is 4. The number of hydrogen-bond acceptors (Lipinski definition) is 10. The fourth-order valence-corrected chi connectivity index (χ4v) is 9.96. The van der Waals surface area contributed by atoms with Crippen molar-refractivity contribution in [2.24, 2.45) is 36.7 Å². The minimum absolute atomic E-state index is 0.163. The predicted octanol–water partition coefficient (Wildman–Crippen LogP) is 14.2. The number of aryl methyl sites for hydroxylation is 3. The Labute approximate surface area is 399 Å². The van der Waals surface area contributed by atoms with Crippen LogP contribution in [-0.4, -0.2) is 73.4 Å². The molecule has 11 heteroatoms. The number of fused-ring (bicyclic) bond motifs is 2. The van der Waals surface area contributed by atoms with Crippen molar-refractivity contribution < 1.29 is 12.6 Å². The van der Waals surface area contributed by atoms with E-state index >= 15 is 0 Å². The van der Waals surface area contributed by atoms with Crippen molar-refractivity contribution >= 4 is 56.3 Å². The largest absolute Gasteiger partial charge is 0.378 e. The van der Waals surface area contributed by atoms with E-state index in [9.17, 15) is 8.42 Å². The first-order valence-electron chi connectivity index (χ1n) is 24.2. The van der Waals surface area contributed by atoms with E-state index in [4.69, 9.17) is 4.99 Å². The molecule has 0 spiro atoms. The minimum atomic E-state index is -3.53. The summed E-state index contributed by atoms with van der Waals surface area (Å²) >= 11 is 0. The van der Waals surface area contributed by atoms with Gasteiger partial charge in [0.25, 0.3) is 10.1 Å². The molecule has 0 saturated heterocycles. The number of nitrogens with zero attached hydrogens (tertiary/aromatic N) is 7. The van der Waals surface area contributed by atoms with Crippen molar-refractivity contribution in [2.45, 2.75) is 132 Å². The van der Waals surface area contributed by atoms with E-state index in [1.165, 1.54) is 36.3 Å². The standard InChI is InChI=1S/C27H40N4.C19H27N3.C9H12O3S/c1-7-15-30(16-8-2)24-13-11-22(5)26(19-24)28-21-29-27-20-25(14-12-23(27)6)31(17-9-3)18-10-4;1-18(2)14-10-11-19(18,3)17(12-14)21-13-20-15-6-8-16(9-7-15)22(4)5;1-3-12-13(10,11)9-6-4-8(2)5-7-9/h11-14,19-20H,7-10,15-18H2,1-6H3;6-9,14,17H,10-12H2,1-5H3;4-7H,3H2,1-2H3. The second kappa shape index (κ2) is 25.2. The Morgan fingerprint density at radius 1 is 0.652 bits per heavy atom. The van der Waals surface area contributed by atoms with Crippen LogP contribution in [-0.2, 0) is 14.3 Å². The van der Waals surface area contributed by atoms with Crippen LogP contribution in [0.5, 0.6) is 0 Å². The van der Waals surface area contributed by atoms with Crippen molar-refractivity contribution in [3.8, 4) is 0 Å². The lowest BCUT2D eigenvalue weighted by atomic mass is 9.69. The highest BCUT2D eigenvalue weighted by Gasteiger charge is 2.61. The molecular formula is C55H79N7O3S. The van der Waals surface area contributed by atoms with E-state index in [0.29, 0.717) is 16.9 Å². The Bertz CT molecular complexity index is 2300. The first-order valence-corrected chi connectivity index (χ1v) is 25.6. The topological polar surface area (TPSA) is 103 Å². The van der Waals surface area contributed by atoms with Gasteiger partial charge in [0.05, 0.1) is 40.6 Å². The number of hydrogen-bond donors (Lipinski definition) is 0. The van der Waals surface area contributed by atoms with Crippen LogP contribution < -0.4 is 14.7 Å². The fourth-order valence-electron chi connectivity index (χ4n) is 9.05. The van der Waals surface area contributed by atoms with E-state index in [-0.39, 0.29) is 11.5 Å². The van der Waals surface area contributed by atoms with Crippen molar-refractivity contribution in [1.29, 1.82) is 0 Å². The van der Waals surface area contributed by atoms with Gasteiger partial charge in [-0.1, -0.05) is 78.3 Å². The maximum Gasteiger partial charge on any atom is 0.296 e. The summed E-state index contributed by atoms with van der Waals surface area (Å²) < 4.78 is 27.3. The highest BCUT2D eigenvalue weighted by atomic mass is 32.2. The molecule has 2 aliphatic rings. The molecule has 0 radical (unpaired) electrons. The SMILES string of the molecule is CCCN(CCC)c1ccc(C)c(N=C=Nc2cc(N(CCC)CCC)ccc2C)c1.CCOS(=O)(=O)c1ccc(C)cc1.CN(C)c1ccc(N=C=NC2CC3CCC2(C)C3(C)C)cc1. The monoisotopic (exact) mass is 918 g/mol. The molecule has 2 bridgehead atoms. The summed E-state index contributed by atoms with van der Waals surface area (Å²) in [6, 6.07) is 34.1. The quantitative estimate of drug-likeness (QED) is 0.0727. The highest BCUT2D eigenvalue weighted by Crippen LogP contribution is 2.66. The van der Waals surface area contributed by atoms with E-state index < -0.39 is 10.1 Å². The molecule has 358 valence electrons. The zero-order valence-corrected chi connectivity index (χ0v) is 43.3. The van der Waals surface area contributed by atoms with Gasteiger partial charge in [-0.05, 0) is 161 Å². The van der Waals surface area contributed by atoms with Crippen LogP contribution in [0.4, 0.5) is 34.1 Å². The fraction of sp³-hybridized carbons (Fsp3) is 0.527. The predicted molar refractivity (Wildman–Crippen MR) is 280 cm³/mol. The van der Waals surface area contributed by atoms with Gasteiger partial charge >= 0.3 is 0 Å². The Kier molecular flexibility index (Phi) is 20.4. The van der Waals surface area contributed by atoms with Gasteiger partial charge < -0.3 is 14.7 Å². The maximum atomic E-state index is 11.3. The molecule has 6 rings (SSSR count). The van der Waals surface area contributed by atoms with Crippen LogP contribution in [0, 0.1) is 37.5 Å². The van der Waals surface area contributed by atoms with Gasteiger partial charge in [0, 0.05) is 57.3 Å². The van der Waals surface area contributed by atoms with Crippen LogP contribution >= 0.6 is 0 Å². The van der Waals surface area contributed by atoms with Crippen molar-refractivity contribution in [3.05, 3.63) is 102 Å². The minimum Gasteiger partial charge on any atom is -0.378 e. The van der Waals surface area contributed by atoms with Gasteiger partial charge in [0.15, 0.2) is 0 Å². The summed E-state index contributed by atoms with van der Waals surface area (Å²) in [6.45, 7) is 28.3. The molecule has 66 heavy (non-hydrogen) atoms. The first-order chi connectivity index (χ1) is 31.4. The smallest absolute Gasteiger partial charge is 0.296 e. The molecule has 3 unspecified atom stereocenters. The Balaban J connectivity index is 0.000000235. The van der Waals surface area contributed by atoms with Gasteiger partial charge in [-0.15, -0.1) is 0 Å². The van der Waals surface area contributed by atoms with Gasteiger partial charge in [-0.3, -0.25) is 4.18 Å². The summed E-state index contributed by atoms with van der Waals surface area (Å²) in [4.78, 5) is 25.4. The molecule has 10 nitrogen and oxygen atoms in total. The zero-order valence-electron chi connectivity index (χ0n) is 42.5. The van der Waals surface area contributed by atoms with Crippen LogP contribution in [0.25, 0.3) is 0 Å². The lowest BCUT2D eigenvalue weighted by molar-refractivity contribution is 0.137. The molecule has 0 heterocycles. The second-order valence-corrected chi connectivity index (χ2v) is 20.4. The summed E-state index contributed by atoms with van der Waals surface area (Å²) in [6.07, 6.45) is 8.39. The molecule has 0 aromatic heterocycles. The van der Waals surface area contributed by atoms with Gasteiger partial charge in [0.2, 0.25) is 0 Å². The maximum absolute atomic E-state index is 11.3. The van der Waals surface area contributed by atoms with Crippen molar-refractivity contribution in [3.63, 3.8) is 0 Å². The van der Waals surface area contributed by atoms with Crippen LogP contribution in [0.15, 0.2) is 110 Å². The lowest BCUT2D eigenvalue weighted by Gasteiger charge is -2.36.